The number of hydrogen-bond acceptors (Lipinski definition) is 9. The van der Waals surface area contributed by atoms with Gasteiger partial charge in [-0.25, -0.2) is 4.79 Å². The lowest BCUT2D eigenvalue weighted by Gasteiger charge is -2.56. The number of benzene rings is 1. The molecule has 0 spiro atoms. The number of primary amides is 1. The van der Waals surface area contributed by atoms with Crippen LogP contribution in [0.15, 0.2) is 39.7 Å². The van der Waals surface area contributed by atoms with Crippen LogP contribution in [0.3, 0.4) is 0 Å². The summed E-state index contributed by atoms with van der Waals surface area (Å²) < 4.78 is 12.5. The van der Waals surface area contributed by atoms with Crippen LogP contribution in [0.1, 0.15) is 89.9 Å². The molecule has 1 aromatic carbocycles. The first-order valence-corrected chi connectivity index (χ1v) is 21.8. The van der Waals surface area contributed by atoms with E-state index in [0.717, 1.165) is 61.0 Å². The summed E-state index contributed by atoms with van der Waals surface area (Å²) in [4.78, 5) is 58.0. The molecular formula is C42H54ClN5O6S2. The van der Waals surface area contributed by atoms with Crippen molar-refractivity contribution in [3.8, 4) is 11.3 Å². The van der Waals surface area contributed by atoms with Gasteiger partial charge in [-0.1, -0.05) is 42.0 Å². The number of nitrogens with two attached hydrogens (primary N) is 1. The van der Waals surface area contributed by atoms with Crippen molar-refractivity contribution in [2.24, 2.45) is 29.4 Å². The molecule has 4 saturated carbocycles. The van der Waals surface area contributed by atoms with E-state index in [1.807, 2.05) is 35.2 Å². The van der Waals surface area contributed by atoms with E-state index in [1.165, 1.54) is 43.9 Å². The minimum Gasteiger partial charge on any atom is -0.456 e. The summed E-state index contributed by atoms with van der Waals surface area (Å²) in [6.45, 7) is 8.45. The van der Waals surface area contributed by atoms with Gasteiger partial charge in [-0.05, 0) is 138 Å². The van der Waals surface area contributed by atoms with Crippen molar-refractivity contribution >= 4 is 69.8 Å². The number of nitrogens with one attached hydrogen (secondary N) is 1. The van der Waals surface area contributed by atoms with Crippen molar-refractivity contribution in [3.63, 3.8) is 0 Å². The van der Waals surface area contributed by atoms with Crippen LogP contribution in [0.25, 0.3) is 17.4 Å². The highest BCUT2D eigenvalue weighted by molar-refractivity contribution is 8.26. The molecule has 6 fully saturated rings. The van der Waals surface area contributed by atoms with Crippen LogP contribution in [0.4, 0.5) is 4.79 Å². The van der Waals surface area contributed by atoms with Gasteiger partial charge in [-0.15, -0.1) is 0 Å². The monoisotopic (exact) mass is 823 g/mol. The van der Waals surface area contributed by atoms with Gasteiger partial charge in [0.1, 0.15) is 27.5 Å². The second-order valence-electron chi connectivity index (χ2n) is 17.3. The lowest BCUT2D eigenvalue weighted by Crippen LogP contribution is -2.57. The summed E-state index contributed by atoms with van der Waals surface area (Å²) in [5, 5.41) is 3.19. The van der Waals surface area contributed by atoms with Gasteiger partial charge < -0.3 is 25.1 Å². The van der Waals surface area contributed by atoms with Crippen LogP contribution >= 0.6 is 35.6 Å². The van der Waals surface area contributed by atoms with Crippen molar-refractivity contribution in [1.29, 1.82) is 0 Å². The van der Waals surface area contributed by atoms with Gasteiger partial charge in [-0.2, -0.15) is 0 Å². The number of unbranched alkanes of at least 4 members (excludes halogenated alkanes) is 2. The zero-order chi connectivity index (χ0) is 39.7. The topological polar surface area (TPSA) is 138 Å². The Kier molecular flexibility index (Phi) is 12.5. The number of amides is 4. The summed E-state index contributed by atoms with van der Waals surface area (Å²) in [7, 11) is 0. The Bertz CT molecular complexity index is 1820. The second-order valence-corrected chi connectivity index (χ2v) is 19.4. The number of aryl methyl sites for hydroxylation is 1. The van der Waals surface area contributed by atoms with Crippen LogP contribution < -0.4 is 11.1 Å². The molecule has 4 bridgehead atoms. The standard InChI is InChI=1S/C42H54ClN5O6S2/c1-42(2,3)54-40(52)45-32(23-36(44)49)38(50)47-15-13-46(14-16-47)12-6-4-5-7-28-22-33(27-8-10-31(43)11-9-27)53-34(28)24-35-39(51)48(41(55)56-35)37-29-18-25-17-26(20-29)21-30(37)19-25/h8-11,22,24-26,29-30,32,37H,4-7,12-21,23H2,1-3H3,(H2,44,49)(H,45,52)/t25?,26?,29?,30?,32-,37?/m0/s1. The minimum absolute atomic E-state index is 0.0253. The fourth-order valence-corrected chi connectivity index (χ4v) is 11.2. The van der Waals surface area contributed by atoms with Gasteiger partial charge in [0.2, 0.25) is 11.8 Å². The summed E-state index contributed by atoms with van der Waals surface area (Å²) in [5.41, 5.74) is 6.64. The molecule has 0 radical (unpaired) electrons. The normalized spacial score (nSPS) is 26.3. The molecule has 6 aliphatic rings. The first-order chi connectivity index (χ1) is 26.7. The number of furan rings is 1. The number of ether oxygens (including phenoxy) is 1. The fourth-order valence-electron chi connectivity index (χ4n) is 9.78. The van der Waals surface area contributed by atoms with Crippen molar-refractivity contribution in [2.45, 2.75) is 103 Å². The third-order valence-corrected chi connectivity index (χ3v) is 13.6. The molecule has 3 N–H and O–H groups in total. The van der Waals surface area contributed by atoms with Gasteiger partial charge in [0, 0.05) is 48.9 Å². The number of alkyl carbamates (subject to hydrolysis) is 1. The number of halogens is 1. The molecule has 56 heavy (non-hydrogen) atoms. The van der Waals surface area contributed by atoms with Crippen molar-refractivity contribution < 1.29 is 28.3 Å². The quantitative estimate of drug-likeness (QED) is 0.122. The van der Waals surface area contributed by atoms with Crippen LogP contribution in [0.2, 0.25) is 5.02 Å². The lowest BCUT2D eigenvalue weighted by atomic mass is 9.54. The highest BCUT2D eigenvalue weighted by Gasteiger charge is 2.53. The molecule has 3 heterocycles. The van der Waals surface area contributed by atoms with Crippen LogP contribution in [0.5, 0.6) is 0 Å². The van der Waals surface area contributed by atoms with Gasteiger partial charge >= 0.3 is 6.09 Å². The maximum absolute atomic E-state index is 14.1. The van der Waals surface area contributed by atoms with Gasteiger partial charge in [0.25, 0.3) is 5.91 Å². The molecule has 4 aliphatic carbocycles. The minimum atomic E-state index is -1.07. The van der Waals surface area contributed by atoms with Gasteiger partial charge in [0.15, 0.2) is 0 Å². The molecule has 1 aromatic heterocycles. The largest absolute Gasteiger partial charge is 0.456 e. The molecule has 14 heteroatoms. The number of carbonyl (C=O) groups excluding carboxylic acids is 4. The first-order valence-electron chi connectivity index (χ1n) is 20.2. The average Bonchev–Trinajstić information content (AvgIpc) is 3.65. The summed E-state index contributed by atoms with van der Waals surface area (Å²) in [6.07, 6.45) is 10.9. The molecule has 2 aliphatic heterocycles. The Morgan fingerprint density at radius 3 is 2.30 bits per heavy atom. The third-order valence-electron chi connectivity index (χ3n) is 12.0. The molecule has 0 unspecified atom stereocenters. The molecule has 8 rings (SSSR count). The SMILES string of the molecule is CC(C)(C)OC(=O)N[C@@H](CC(N)=O)C(=O)N1CCN(CCCCCc2cc(-c3ccc(Cl)cc3)oc2C=C2SC(=S)N(C3C4CC5CC(C4)CC3C5)C2=O)CC1. The predicted octanol–water partition coefficient (Wildman–Crippen LogP) is 7.25. The number of rotatable bonds is 13. The van der Waals surface area contributed by atoms with Crippen molar-refractivity contribution in [1.82, 2.24) is 20.0 Å². The number of thiocarbonyl (C=S) groups is 1. The van der Waals surface area contributed by atoms with E-state index in [1.54, 1.807) is 25.7 Å². The van der Waals surface area contributed by atoms with Crippen molar-refractivity contribution in [2.75, 3.05) is 32.7 Å². The Balaban J connectivity index is 0.936. The molecule has 11 nitrogen and oxygen atoms in total. The highest BCUT2D eigenvalue weighted by Crippen LogP contribution is 2.56. The Hall–Kier alpha value is -3.39. The van der Waals surface area contributed by atoms with E-state index < -0.39 is 23.6 Å². The number of thioether (sulfide) groups is 1. The van der Waals surface area contributed by atoms with Crippen LogP contribution in [-0.2, 0) is 25.5 Å². The summed E-state index contributed by atoms with van der Waals surface area (Å²) in [5.74, 6) is 3.23. The summed E-state index contributed by atoms with van der Waals surface area (Å²) >= 11 is 13.5. The Morgan fingerprint density at radius 1 is 1.02 bits per heavy atom. The van der Waals surface area contributed by atoms with E-state index in [2.05, 4.69) is 16.3 Å². The van der Waals surface area contributed by atoms with E-state index in [0.29, 0.717) is 58.0 Å². The second kappa shape index (κ2) is 17.2. The van der Waals surface area contributed by atoms with Gasteiger partial charge in [-0.3, -0.25) is 24.2 Å². The van der Waals surface area contributed by atoms with Crippen LogP contribution in [0, 0.1) is 23.7 Å². The zero-order valence-electron chi connectivity index (χ0n) is 32.6. The average molecular weight is 825 g/mol. The first kappa shape index (κ1) is 40.8. The van der Waals surface area contributed by atoms with E-state index in [-0.39, 0.29) is 24.3 Å². The predicted molar refractivity (Wildman–Crippen MR) is 223 cm³/mol. The number of hydrogen-bond donors (Lipinski definition) is 2. The molecular weight excluding hydrogens is 770 g/mol. The van der Waals surface area contributed by atoms with Gasteiger partial charge in [0.05, 0.1) is 11.3 Å². The zero-order valence-corrected chi connectivity index (χ0v) is 35.0. The van der Waals surface area contributed by atoms with Crippen molar-refractivity contribution in [3.05, 3.63) is 51.6 Å². The van der Waals surface area contributed by atoms with E-state index in [4.69, 9.17) is 38.7 Å². The number of piperazine rings is 1. The fraction of sp³-hybridized carbons (Fsp3) is 0.595. The molecule has 2 aromatic rings. The smallest absolute Gasteiger partial charge is 0.408 e. The maximum Gasteiger partial charge on any atom is 0.408 e. The molecule has 302 valence electrons. The van der Waals surface area contributed by atoms with E-state index >= 15 is 0 Å². The molecule has 1 atom stereocenters. The number of carbonyl (C=O) groups is 4. The number of nitrogens with zero attached hydrogens (tertiary/aromatic N) is 3. The Morgan fingerprint density at radius 2 is 1.68 bits per heavy atom. The lowest BCUT2D eigenvalue weighted by molar-refractivity contribution is -0.137. The highest BCUT2D eigenvalue weighted by atomic mass is 35.5. The summed E-state index contributed by atoms with van der Waals surface area (Å²) in [6, 6.07) is 8.85. The van der Waals surface area contributed by atoms with Crippen LogP contribution in [-0.4, -0.2) is 93.2 Å². The molecule has 2 saturated heterocycles. The van der Waals surface area contributed by atoms with E-state index in [9.17, 15) is 19.2 Å². The maximum atomic E-state index is 14.1. The molecule has 4 amide bonds. The third kappa shape index (κ3) is 9.65. The Labute approximate surface area is 344 Å².